The summed E-state index contributed by atoms with van der Waals surface area (Å²) < 4.78 is 5.30. The topological polar surface area (TPSA) is 61.8 Å². The van der Waals surface area contributed by atoms with Crippen LogP contribution in [0.3, 0.4) is 0 Å². The summed E-state index contributed by atoms with van der Waals surface area (Å²) >= 11 is 0. The maximum atomic E-state index is 11.6. The van der Waals surface area contributed by atoms with Gasteiger partial charge in [0, 0.05) is 30.9 Å². The summed E-state index contributed by atoms with van der Waals surface area (Å²) in [7, 11) is 0. The normalized spacial score (nSPS) is 15.5. The van der Waals surface area contributed by atoms with Gasteiger partial charge >= 0.3 is 0 Å². The molecular formula is C13H18N2O3. The van der Waals surface area contributed by atoms with Crippen LogP contribution in [-0.4, -0.2) is 50.5 Å². The van der Waals surface area contributed by atoms with Crippen molar-refractivity contribution in [3.05, 3.63) is 29.8 Å². The molecule has 1 aliphatic rings. The number of morpholine rings is 1. The van der Waals surface area contributed by atoms with Crippen molar-refractivity contribution in [3.63, 3.8) is 0 Å². The Labute approximate surface area is 106 Å². The Morgan fingerprint density at radius 1 is 1.28 bits per heavy atom. The number of aliphatic hydroxyl groups excluding tert-OH is 1. The van der Waals surface area contributed by atoms with Crippen LogP contribution >= 0.6 is 0 Å². The Morgan fingerprint density at radius 3 is 2.56 bits per heavy atom. The maximum absolute atomic E-state index is 11.6. The first-order valence-corrected chi connectivity index (χ1v) is 6.13. The van der Waals surface area contributed by atoms with Crippen molar-refractivity contribution in [2.24, 2.45) is 0 Å². The molecule has 1 heterocycles. The van der Waals surface area contributed by atoms with Gasteiger partial charge in [-0.3, -0.25) is 4.79 Å². The molecule has 1 saturated heterocycles. The van der Waals surface area contributed by atoms with Crippen LogP contribution in [0.2, 0.25) is 0 Å². The molecule has 1 aromatic rings. The monoisotopic (exact) mass is 250 g/mol. The van der Waals surface area contributed by atoms with Crippen molar-refractivity contribution in [2.45, 2.75) is 0 Å². The molecule has 0 saturated carbocycles. The van der Waals surface area contributed by atoms with Gasteiger partial charge in [-0.05, 0) is 24.3 Å². The average Bonchev–Trinajstić information content (AvgIpc) is 2.46. The molecule has 1 aliphatic heterocycles. The summed E-state index contributed by atoms with van der Waals surface area (Å²) in [5.41, 5.74) is 1.72. The fourth-order valence-corrected chi connectivity index (χ4v) is 1.92. The highest BCUT2D eigenvalue weighted by atomic mass is 16.5. The zero-order chi connectivity index (χ0) is 12.8. The van der Waals surface area contributed by atoms with Crippen LogP contribution in [-0.2, 0) is 4.74 Å². The quantitative estimate of drug-likeness (QED) is 0.804. The second-order valence-corrected chi connectivity index (χ2v) is 4.13. The molecule has 0 aromatic heterocycles. The molecule has 0 aliphatic carbocycles. The molecule has 98 valence electrons. The number of hydrogen-bond acceptors (Lipinski definition) is 4. The molecule has 18 heavy (non-hydrogen) atoms. The smallest absolute Gasteiger partial charge is 0.251 e. The van der Waals surface area contributed by atoms with Crippen LogP contribution in [0.15, 0.2) is 24.3 Å². The van der Waals surface area contributed by atoms with Crippen molar-refractivity contribution < 1.29 is 14.6 Å². The summed E-state index contributed by atoms with van der Waals surface area (Å²) in [6.45, 7) is 3.51. The van der Waals surface area contributed by atoms with Crippen molar-refractivity contribution in [1.82, 2.24) is 5.32 Å². The molecule has 5 nitrogen and oxygen atoms in total. The minimum absolute atomic E-state index is 0.0440. The zero-order valence-electron chi connectivity index (χ0n) is 10.3. The van der Waals surface area contributed by atoms with Crippen LogP contribution in [0, 0.1) is 0 Å². The lowest BCUT2D eigenvalue weighted by Crippen LogP contribution is -2.36. The average molecular weight is 250 g/mol. The van der Waals surface area contributed by atoms with E-state index in [0.29, 0.717) is 5.56 Å². The number of hydrogen-bond donors (Lipinski definition) is 2. The van der Waals surface area contributed by atoms with Crippen molar-refractivity contribution in [1.29, 1.82) is 0 Å². The minimum Gasteiger partial charge on any atom is -0.395 e. The third kappa shape index (κ3) is 3.21. The minimum atomic E-state index is -0.155. The molecule has 2 N–H and O–H groups in total. The number of nitrogens with zero attached hydrogens (tertiary/aromatic N) is 1. The highest BCUT2D eigenvalue weighted by Crippen LogP contribution is 2.16. The number of nitrogens with one attached hydrogen (secondary N) is 1. The Morgan fingerprint density at radius 2 is 1.94 bits per heavy atom. The van der Waals surface area contributed by atoms with E-state index >= 15 is 0 Å². The lowest BCUT2D eigenvalue weighted by Gasteiger charge is -2.28. The number of carbonyl (C=O) groups excluding carboxylic acids is 1. The van der Waals surface area contributed by atoms with Crippen LogP contribution in [0.4, 0.5) is 5.69 Å². The Hall–Kier alpha value is -1.59. The van der Waals surface area contributed by atoms with Gasteiger partial charge in [-0.1, -0.05) is 0 Å². The first-order chi connectivity index (χ1) is 8.81. The van der Waals surface area contributed by atoms with E-state index in [-0.39, 0.29) is 19.1 Å². The largest absolute Gasteiger partial charge is 0.395 e. The Bertz CT molecular complexity index is 386. The molecule has 1 aromatic carbocycles. The van der Waals surface area contributed by atoms with Gasteiger partial charge in [0.1, 0.15) is 0 Å². The molecule has 1 amide bonds. The summed E-state index contributed by atoms with van der Waals surface area (Å²) in [6.07, 6.45) is 0. The second-order valence-electron chi connectivity index (χ2n) is 4.13. The first kappa shape index (κ1) is 12.9. The summed E-state index contributed by atoms with van der Waals surface area (Å²) in [6, 6.07) is 7.49. The van der Waals surface area contributed by atoms with Gasteiger partial charge in [0.05, 0.1) is 19.8 Å². The highest BCUT2D eigenvalue weighted by molar-refractivity contribution is 5.94. The first-order valence-electron chi connectivity index (χ1n) is 6.13. The van der Waals surface area contributed by atoms with Gasteiger partial charge in [0.15, 0.2) is 0 Å². The fourth-order valence-electron chi connectivity index (χ4n) is 1.92. The van der Waals surface area contributed by atoms with E-state index in [1.807, 2.05) is 12.1 Å². The van der Waals surface area contributed by atoms with Gasteiger partial charge in [-0.25, -0.2) is 0 Å². The summed E-state index contributed by atoms with van der Waals surface area (Å²) in [5.74, 6) is -0.155. The molecule has 0 bridgehead atoms. The lowest BCUT2D eigenvalue weighted by molar-refractivity contribution is 0.0944. The van der Waals surface area contributed by atoms with Crippen molar-refractivity contribution >= 4 is 11.6 Å². The van der Waals surface area contributed by atoms with E-state index in [2.05, 4.69) is 10.2 Å². The molecule has 2 rings (SSSR count). The summed E-state index contributed by atoms with van der Waals surface area (Å²) in [4.78, 5) is 13.9. The van der Waals surface area contributed by atoms with Crippen LogP contribution in [0.25, 0.3) is 0 Å². The van der Waals surface area contributed by atoms with Crippen molar-refractivity contribution in [3.8, 4) is 0 Å². The third-order valence-electron chi connectivity index (χ3n) is 2.90. The van der Waals surface area contributed by atoms with Gasteiger partial charge in [-0.15, -0.1) is 0 Å². The molecule has 0 spiro atoms. The van der Waals surface area contributed by atoms with E-state index in [1.54, 1.807) is 12.1 Å². The third-order valence-corrected chi connectivity index (χ3v) is 2.90. The molecule has 0 atom stereocenters. The standard InChI is InChI=1S/C13H18N2O3/c16-8-5-14-13(17)11-1-3-12(4-2-11)15-6-9-18-10-7-15/h1-4,16H,5-10H2,(H,14,17). The number of benzene rings is 1. The molecule has 1 fully saturated rings. The maximum Gasteiger partial charge on any atom is 0.251 e. The Kier molecular flexibility index (Phi) is 4.55. The van der Waals surface area contributed by atoms with Crippen LogP contribution < -0.4 is 10.2 Å². The Balaban J connectivity index is 1.98. The number of carbonyl (C=O) groups is 1. The van der Waals surface area contributed by atoms with Crippen LogP contribution in [0.1, 0.15) is 10.4 Å². The summed E-state index contributed by atoms with van der Waals surface area (Å²) in [5, 5.41) is 11.3. The number of amides is 1. The highest BCUT2D eigenvalue weighted by Gasteiger charge is 2.11. The number of rotatable bonds is 4. The van der Waals surface area contributed by atoms with Crippen LogP contribution in [0.5, 0.6) is 0 Å². The van der Waals surface area contributed by atoms with E-state index in [1.165, 1.54) is 0 Å². The fraction of sp³-hybridized carbons (Fsp3) is 0.462. The number of ether oxygens (including phenoxy) is 1. The lowest BCUT2D eigenvalue weighted by atomic mass is 10.1. The number of aliphatic hydroxyl groups is 1. The second kappa shape index (κ2) is 6.37. The molecular weight excluding hydrogens is 232 g/mol. The van der Waals surface area contributed by atoms with E-state index in [0.717, 1.165) is 32.0 Å². The SMILES string of the molecule is O=C(NCCO)c1ccc(N2CCOCC2)cc1. The predicted octanol–water partition coefficient (Wildman–Crippen LogP) is 0.245. The van der Waals surface area contributed by atoms with E-state index < -0.39 is 0 Å². The molecule has 0 radical (unpaired) electrons. The van der Waals surface area contributed by atoms with Gasteiger partial charge < -0.3 is 20.1 Å². The van der Waals surface area contributed by atoms with Gasteiger partial charge in [0.25, 0.3) is 5.91 Å². The van der Waals surface area contributed by atoms with Crippen molar-refractivity contribution in [2.75, 3.05) is 44.4 Å². The zero-order valence-corrected chi connectivity index (χ0v) is 10.3. The number of anilines is 1. The van der Waals surface area contributed by atoms with Gasteiger partial charge in [-0.2, -0.15) is 0 Å². The van der Waals surface area contributed by atoms with E-state index in [9.17, 15) is 4.79 Å². The molecule has 0 unspecified atom stereocenters. The predicted molar refractivity (Wildman–Crippen MR) is 68.9 cm³/mol. The molecule has 5 heteroatoms. The van der Waals surface area contributed by atoms with E-state index in [4.69, 9.17) is 9.84 Å². The van der Waals surface area contributed by atoms with Gasteiger partial charge in [0.2, 0.25) is 0 Å².